The fraction of sp³-hybridized carbons (Fsp3) is 0.833. The lowest BCUT2D eigenvalue weighted by Gasteiger charge is -2.28. The first kappa shape index (κ1) is 14.9. The normalized spacial score (nSPS) is 18.3. The molecule has 6 heteroatoms. The van der Waals surface area contributed by atoms with E-state index in [2.05, 4.69) is 5.32 Å². The van der Waals surface area contributed by atoms with Crippen molar-refractivity contribution < 1.29 is 14.3 Å². The van der Waals surface area contributed by atoms with Crippen LogP contribution in [0, 0.1) is 5.41 Å². The molecule has 0 bridgehead atoms. The van der Waals surface area contributed by atoms with Crippen molar-refractivity contribution in [2.24, 2.45) is 11.1 Å². The second-order valence-electron chi connectivity index (χ2n) is 5.55. The molecule has 18 heavy (non-hydrogen) atoms. The largest absolute Gasteiger partial charge is 0.378 e. The molecule has 1 aliphatic rings. The summed E-state index contributed by atoms with van der Waals surface area (Å²) in [6.45, 7) is 7.95. The second kappa shape index (κ2) is 6.15. The Hall–Kier alpha value is -1.14. The molecule has 1 aliphatic heterocycles. The van der Waals surface area contributed by atoms with Crippen molar-refractivity contribution in [3.8, 4) is 0 Å². The third-order valence-electron chi connectivity index (χ3n) is 2.99. The van der Waals surface area contributed by atoms with Crippen LogP contribution in [0.4, 0.5) is 0 Å². The fourth-order valence-corrected chi connectivity index (χ4v) is 1.59. The average molecular weight is 257 g/mol. The Morgan fingerprint density at radius 2 is 1.89 bits per heavy atom. The molecule has 104 valence electrons. The predicted octanol–water partition coefficient (Wildman–Crippen LogP) is -0.665. The van der Waals surface area contributed by atoms with Crippen LogP contribution in [0.5, 0.6) is 0 Å². The molecule has 1 atom stereocenters. The van der Waals surface area contributed by atoms with Crippen molar-refractivity contribution in [1.29, 1.82) is 0 Å². The van der Waals surface area contributed by atoms with E-state index in [-0.39, 0.29) is 23.8 Å². The molecule has 0 radical (unpaired) electrons. The summed E-state index contributed by atoms with van der Waals surface area (Å²) in [5.41, 5.74) is 5.49. The minimum absolute atomic E-state index is 0.00259. The molecule has 0 unspecified atom stereocenters. The zero-order valence-corrected chi connectivity index (χ0v) is 11.4. The maximum atomic E-state index is 11.8. The van der Waals surface area contributed by atoms with Crippen LogP contribution in [0.2, 0.25) is 0 Å². The monoisotopic (exact) mass is 257 g/mol. The number of ether oxygens (including phenoxy) is 1. The van der Waals surface area contributed by atoms with Crippen molar-refractivity contribution in [3.05, 3.63) is 0 Å². The first-order valence-electron chi connectivity index (χ1n) is 6.21. The number of nitrogens with one attached hydrogen (secondary N) is 1. The van der Waals surface area contributed by atoms with Gasteiger partial charge in [0.1, 0.15) is 0 Å². The standard InChI is InChI=1S/C12H23N3O3/c1-12(2,3)10(13)11(17)14-8-9(16)15-4-6-18-7-5-15/h10H,4-8,13H2,1-3H3,(H,14,17)/t10-/m1/s1. The summed E-state index contributed by atoms with van der Waals surface area (Å²) in [5.74, 6) is -0.378. The van der Waals surface area contributed by atoms with Crippen LogP contribution in [0.3, 0.4) is 0 Å². The van der Waals surface area contributed by atoms with Crippen LogP contribution >= 0.6 is 0 Å². The first-order valence-corrected chi connectivity index (χ1v) is 6.21. The van der Waals surface area contributed by atoms with Gasteiger partial charge in [0.15, 0.2) is 0 Å². The average Bonchev–Trinajstić information content (AvgIpc) is 2.34. The van der Waals surface area contributed by atoms with Crippen LogP contribution in [-0.2, 0) is 14.3 Å². The SMILES string of the molecule is CC(C)(C)[C@H](N)C(=O)NCC(=O)N1CCOCC1. The van der Waals surface area contributed by atoms with Crippen LogP contribution in [0.15, 0.2) is 0 Å². The number of morpholine rings is 1. The van der Waals surface area contributed by atoms with E-state index in [9.17, 15) is 9.59 Å². The molecule has 3 N–H and O–H groups in total. The molecule has 1 rings (SSSR count). The number of carbonyl (C=O) groups is 2. The van der Waals surface area contributed by atoms with E-state index in [0.29, 0.717) is 26.3 Å². The van der Waals surface area contributed by atoms with Gasteiger partial charge in [-0.15, -0.1) is 0 Å². The van der Waals surface area contributed by atoms with Gasteiger partial charge < -0.3 is 20.7 Å². The van der Waals surface area contributed by atoms with Gasteiger partial charge in [-0.2, -0.15) is 0 Å². The molecule has 0 aromatic carbocycles. The Balaban J connectivity index is 2.36. The van der Waals surface area contributed by atoms with Crippen LogP contribution < -0.4 is 11.1 Å². The smallest absolute Gasteiger partial charge is 0.242 e. The quantitative estimate of drug-likeness (QED) is 0.702. The number of nitrogens with two attached hydrogens (primary N) is 1. The number of nitrogens with zero attached hydrogens (tertiary/aromatic N) is 1. The van der Waals surface area contributed by atoms with Gasteiger partial charge in [0, 0.05) is 13.1 Å². The lowest BCUT2D eigenvalue weighted by Crippen LogP contribution is -2.52. The minimum Gasteiger partial charge on any atom is -0.378 e. The Kier molecular flexibility index (Phi) is 5.10. The Morgan fingerprint density at radius 3 is 2.39 bits per heavy atom. The number of hydrogen-bond acceptors (Lipinski definition) is 4. The fourth-order valence-electron chi connectivity index (χ4n) is 1.59. The zero-order chi connectivity index (χ0) is 13.8. The van der Waals surface area contributed by atoms with Gasteiger partial charge in [-0.1, -0.05) is 20.8 Å². The number of rotatable bonds is 3. The lowest BCUT2D eigenvalue weighted by molar-refractivity contribution is -0.136. The molecule has 1 heterocycles. The second-order valence-corrected chi connectivity index (χ2v) is 5.55. The van der Waals surface area contributed by atoms with E-state index in [4.69, 9.17) is 10.5 Å². The van der Waals surface area contributed by atoms with Crippen molar-refractivity contribution in [2.45, 2.75) is 26.8 Å². The topological polar surface area (TPSA) is 84.7 Å². The highest BCUT2D eigenvalue weighted by molar-refractivity contribution is 5.87. The summed E-state index contributed by atoms with van der Waals surface area (Å²) in [6.07, 6.45) is 0. The van der Waals surface area contributed by atoms with E-state index in [1.165, 1.54) is 0 Å². The highest BCUT2D eigenvalue weighted by Crippen LogP contribution is 2.16. The highest BCUT2D eigenvalue weighted by atomic mass is 16.5. The van der Waals surface area contributed by atoms with Gasteiger partial charge in [-0.25, -0.2) is 0 Å². The molecular weight excluding hydrogens is 234 g/mol. The van der Waals surface area contributed by atoms with E-state index in [1.807, 2.05) is 20.8 Å². The first-order chi connectivity index (χ1) is 8.32. The van der Waals surface area contributed by atoms with E-state index >= 15 is 0 Å². The Labute approximate surface area is 108 Å². The molecule has 0 aliphatic carbocycles. The lowest BCUT2D eigenvalue weighted by atomic mass is 9.87. The van der Waals surface area contributed by atoms with E-state index in [0.717, 1.165) is 0 Å². The zero-order valence-electron chi connectivity index (χ0n) is 11.4. The van der Waals surface area contributed by atoms with Crippen molar-refractivity contribution in [2.75, 3.05) is 32.8 Å². The van der Waals surface area contributed by atoms with E-state index < -0.39 is 6.04 Å². The third kappa shape index (κ3) is 4.27. The van der Waals surface area contributed by atoms with Gasteiger partial charge >= 0.3 is 0 Å². The van der Waals surface area contributed by atoms with Crippen molar-refractivity contribution in [1.82, 2.24) is 10.2 Å². The van der Waals surface area contributed by atoms with Gasteiger partial charge in [-0.3, -0.25) is 9.59 Å². The predicted molar refractivity (Wildman–Crippen MR) is 67.8 cm³/mol. The minimum atomic E-state index is -0.616. The molecule has 0 aromatic heterocycles. The molecule has 0 saturated carbocycles. The maximum absolute atomic E-state index is 11.8. The molecular formula is C12H23N3O3. The Bertz CT molecular complexity index is 306. The van der Waals surface area contributed by atoms with Crippen LogP contribution in [0.1, 0.15) is 20.8 Å². The van der Waals surface area contributed by atoms with E-state index in [1.54, 1.807) is 4.90 Å². The maximum Gasteiger partial charge on any atom is 0.242 e. The molecule has 1 saturated heterocycles. The summed E-state index contributed by atoms with van der Waals surface area (Å²) in [6, 6.07) is -0.616. The highest BCUT2D eigenvalue weighted by Gasteiger charge is 2.28. The Morgan fingerprint density at radius 1 is 1.33 bits per heavy atom. The number of hydrogen-bond donors (Lipinski definition) is 2. The summed E-state index contributed by atoms with van der Waals surface area (Å²) in [4.78, 5) is 25.2. The summed E-state index contributed by atoms with van der Waals surface area (Å²) in [5, 5.41) is 2.59. The van der Waals surface area contributed by atoms with Crippen molar-refractivity contribution >= 4 is 11.8 Å². The summed E-state index contributed by atoms with van der Waals surface area (Å²) >= 11 is 0. The van der Waals surface area contributed by atoms with Crippen LogP contribution in [0.25, 0.3) is 0 Å². The van der Waals surface area contributed by atoms with Gasteiger partial charge in [0.05, 0.1) is 25.8 Å². The van der Waals surface area contributed by atoms with Gasteiger partial charge in [0.2, 0.25) is 11.8 Å². The molecule has 1 fully saturated rings. The third-order valence-corrected chi connectivity index (χ3v) is 2.99. The van der Waals surface area contributed by atoms with Crippen molar-refractivity contribution in [3.63, 3.8) is 0 Å². The molecule has 0 spiro atoms. The number of amides is 2. The molecule has 6 nitrogen and oxygen atoms in total. The molecule has 0 aromatic rings. The summed E-state index contributed by atoms with van der Waals surface area (Å²) < 4.78 is 5.16. The van der Waals surface area contributed by atoms with Crippen LogP contribution in [-0.4, -0.2) is 55.6 Å². The molecule has 2 amide bonds. The summed E-state index contributed by atoms with van der Waals surface area (Å²) in [7, 11) is 0. The van der Waals surface area contributed by atoms with Gasteiger partial charge in [-0.05, 0) is 5.41 Å². The number of carbonyl (C=O) groups excluding carboxylic acids is 2. The van der Waals surface area contributed by atoms with Gasteiger partial charge in [0.25, 0.3) is 0 Å².